The maximum Gasteiger partial charge on any atom is 0.136 e. The Labute approximate surface area is 171 Å². The van der Waals surface area contributed by atoms with Crippen LogP contribution < -0.4 is 4.72 Å². The molecule has 0 amide bonds. The Balaban J connectivity index is 2.35. The molecule has 1 aromatic rings. The number of hydrogen-bond acceptors (Lipinski definition) is 4. The first-order chi connectivity index (χ1) is 12.0. The van der Waals surface area contributed by atoms with Gasteiger partial charge in [0.25, 0.3) is 0 Å². The fraction of sp³-hybridized carbons (Fsp3) is 0.632. The van der Waals surface area contributed by atoms with Crippen LogP contribution >= 0.6 is 27.7 Å². The van der Waals surface area contributed by atoms with Crippen molar-refractivity contribution in [3.63, 3.8) is 0 Å². The summed E-state index contributed by atoms with van der Waals surface area (Å²) in [5.74, 6) is 0.127. The normalized spacial score (nSPS) is 20.4. The van der Waals surface area contributed by atoms with Gasteiger partial charge in [-0.1, -0.05) is 28.8 Å². The molecule has 0 saturated heterocycles. The second-order valence-electron chi connectivity index (χ2n) is 8.04. The van der Waals surface area contributed by atoms with E-state index in [9.17, 15) is 14.2 Å². The number of benzene rings is 1. The molecule has 1 aliphatic rings. The van der Waals surface area contributed by atoms with Gasteiger partial charge in [-0.25, -0.2) is 4.39 Å². The molecule has 7 heteroatoms. The van der Waals surface area contributed by atoms with Gasteiger partial charge in [-0.15, -0.1) is 16.5 Å². The molecule has 0 aromatic heterocycles. The molecule has 144 valence electrons. The first kappa shape index (κ1) is 22.0. The Hall–Kier alpha value is -0.260. The van der Waals surface area contributed by atoms with Gasteiger partial charge in [-0.05, 0) is 58.7 Å². The Bertz CT molecular complexity index is 683. The third-order valence-electron chi connectivity index (χ3n) is 4.65. The monoisotopic (exact) mass is 460 g/mol. The second-order valence-corrected chi connectivity index (χ2v) is 12.3. The molecule has 0 aliphatic heterocycles. The molecule has 0 radical (unpaired) electrons. The summed E-state index contributed by atoms with van der Waals surface area (Å²) in [6.45, 7) is 7.52. The maximum atomic E-state index is 14.7. The summed E-state index contributed by atoms with van der Waals surface area (Å²) in [6, 6.07) is 7.27. The zero-order valence-corrected chi connectivity index (χ0v) is 18.9. The number of halogens is 2. The molecule has 3 nitrogen and oxygen atoms in total. The van der Waals surface area contributed by atoms with Crippen LogP contribution in [0.2, 0.25) is 0 Å². The average molecular weight is 461 g/mol. The molecule has 26 heavy (non-hydrogen) atoms. The van der Waals surface area contributed by atoms with Crippen molar-refractivity contribution in [2.75, 3.05) is 5.75 Å². The summed E-state index contributed by atoms with van der Waals surface area (Å²) < 4.78 is 30.5. The predicted octanol–water partition coefficient (Wildman–Crippen LogP) is 5.42. The minimum absolute atomic E-state index is 0.341. The van der Waals surface area contributed by atoms with Gasteiger partial charge in [-0.3, -0.25) is 0 Å². The van der Waals surface area contributed by atoms with E-state index in [1.807, 2.05) is 27.7 Å². The molecule has 2 rings (SSSR count). The zero-order valence-electron chi connectivity index (χ0n) is 15.7. The minimum atomic E-state index is -1.37. The minimum Gasteiger partial charge on any atom is -0.598 e. The van der Waals surface area contributed by atoms with Crippen LogP contribution in [0.25, 0.3) is 0 Å². The van der Waals surface area contributed by atoms with E-state index in [1.54, 1.807) is 23.9 Å². The van der Waals surface area contributed by atoms with Crippen molar-refractivity contribution in [2.45, 2.75) is 68.4 Å². The maximum absolute atomic E-state index is 14.7. The van der Waals surface area contributed by atoms with Gasteiger partial charge in [0.15, 0.2) is 0 Å². The van der Waals surface area contributed by atoms with Crippen LogP contribution in [-0.2, 0) is 16.9 Å². The van der Waals surface area contributed by atoms with E-state index in [-0.39, 0.29) is 5.82 Å². The Morgan fingerprint density at radius 3 is 2.50 bits per heavy atom. The van der Waals surface area contributed by atoms with Crippen molar-refractivity contribution in [1.82, 2.24) is 4.72 Å². The fourth-order valence-electron chi connectivity index (χ4n) is 2.96. The zero-order chi connectivity index (χ0) is 19.6. The highest BCUT2D eigenvalue weighted by atomic mass is 79.9. The van der Waals surface area contributed by atoms with Gasteiger partial charge in [0.2, 0.25) is 0 Å². The van der Waals surface area contributed by atoms with E-state index in [1.165, 1.54) is 6.07 Å². The number of nitrogens with zero attached hydrogens (tertiary/aromatic N) is 1. The van der Waals surface area contributed by atoms with Gasteiger partial charge >= 0.3 is 0 Å². The van der Waals surface area contributed by atoms with Gasteiger partial charge in [0, 0.05) is 27.2 Å². The SMILES string of the molecule is CC(C)(C)[S+]([O-])N[C@@](C)(CSC1(C#N)CCCC1)c1cc(Br)ccc1F. The van der Waals surface area contributed by atoms with Crippen molar-refractivity contribution < 1.29 is 8.94 Å². The largest absolute Gasteiger partial charge is 0.598 e. The van der Waals surface area contributed by atoms with Crippen molar-refractivity contribution in [3.05, 3.63) is 34.1 Å². The van der Waals surface area contributed by atoms with Gasteiger partial charge in [0.05, 0.1) is 11.6 Å². The number of thioether (sulfide) groups is 1. The van der Waals surface area contributed by atoms with Crippen LogP contribution in [-0.4, -0.2) is 19.8 Å². The molecular weight excluding hydrogens is 435 g/mol. The second kappa shape index (κ2) is 8.40. The first-order valence-corrected chi connectivity index (χ1v) is 11.6. The fourth-order valence-corrected chi connectivity index (χ4v) is 5.74. The van der Waals surface area contributed by atoms with Crippen LogP contribution in [0.4, 0.5) is 4.39 Å². The van der Waals surface area contributed by atoms with Gasteiger partial charge < -0.3 is 4.55 Å². The third kappa shape index (κ3) is 5.17. The summed E-state index contributed by atoms with van der Waals surface area (Å²) in [7, 11) is 0. The molecule has 1 saturated carbocycles. The van der Waals surface area contributed by atoms with Crippen LogP contribution in [0.3, 0.4) is 0 Å². The van der Waals surface area contributed by atoms with E-state index in [2.05, 4.69) is 26.7 Å². The van der Waals surface area contributed by atoms with E-state index < -0.39 is 26.4 Å². The average Bonchev–Trinajstić information content (AvgIpc) is 3.04. The van der Waals surface area contributed by atoms with Crippen LogP contribution in [0.5, 0.6) is 0 Å². The molecule has 0 bridgehead atoms. The van der Waals surface area contributed by atoms with Crippen LogP contribution in [0.1, 0.15) is 58.9 Å². The molecule has 1 aromatic carbocycles. The van der Waals surface area contributed by atoms with E-state index >= 15 is 0 Å². The molecular formula is C19H26BrFN2OS2. The molecule has 2 atom stereocenters. The van der Waals surface area contributed by atoms with E-state index in [0.29, 0.717) is 11.3 Å². The molecule has 1 unspecified atom stereocenters. The molecule has 0 spiro atoms. The summed E-state index contributed by atoms with van der Waals surface area (Å²) in [6.07, 6.45) is 3.80. The lowest BCUT2D eigenvalue weighted by molar-refractivity contribution is 0.441. The number of nitriles is 1. The topological polar surface area (TPSA) is 58.9 Å². The van der Waals surface area contributed by atoms with E-state index in [0.717, 1.165) is 30.2 Å². The van der Waals surface area contributed by atoms with Crippen molar-refractivity contribution in [3.8, 4) is 6.07 Å². The Morgan fingerprint density at radius 2 is 1.96 bits per heavy atom. The highest BCUT2D eigenvalue weighted by Gasteiger charge is 2.42. The Kier molecular flexibility index (Phi) is 7.12. The van der Waals surface area contributed by atoms with Crippen LogP contribution in [0, 0.1) is 17.1 Å². The summed E-state index contributed by atoms with van der Waals surface area (Å²) in [4.78, 5) is 0. The van der Waals surface area contributed by atoms with Crippen LogP contribution in [0.15, 0.2) is 22.7 Å². The predicted molar refractivity (Wildman–Crippen MR) is 112 cm³/mol. The van der Waals surface area contributed by atoms with Gasteiger partial charge in [-0.2, -0.15) is 5.26 Å². The highest BCUT2D eigenvalue weighted by molar-refractivity contribution is 9.10. The van der Waals surface area contributed by atoms with Crippen molar-refractivity contribution >= 4 is 39.1 Å². The Morgan fingerprint density at radius 1 is 1.35 bits per heavy atom. The smallest absolute Gasteiger partial charge is 0.136 e. The molecule has 1 aliphatic carbocycles. The molecule has 1 N–H and O–H groups in total. The lowest BCUT2D eigenvalue weighted by Gasteiger charge is -2.36. The lowest BCUT2D eigenvalue weighted by Crippen LogP contribution is -2.52. The quantitative estimate of drug-likeness (QED) is 0.575. The summed E-state index contributed by atoms with van der Waals surface area (Å²) >= 11 is 3.60. The standard InChI is InChI=1S/C19H26BrFN2OS2/c1-17(2,3)26(24)23-18(4,15-11-14(20)7-8-16(15)21)13-25-19(12-22)9-5-6-10-19/h7-8,11,23H,5-6,9-10,13H2,1-4H3/t18-,26?/m0/s1. The molecule has 0 heterocycles. The first-order valence-electron chi connectivity index (χ1n) is 8.72. The third-order valence-corrected chi connectivity index (χ3v) is 8.66. The van der Waals surface area contributed by atoms with Crippen molar-refractivity contribution in [2.24, 2.45) is 0 Å². The summed E-state index contributed by atoms with van der Waals surface area (Å²) in [5, 5.41) is 9.66. The number of rotatable bonds is 6. The lowest BCUT2D eigenvalue weighted by atomic mass is 9.95. The van der Waals surface area contributed by atoms with E-state index in [4.69, 9.17) is 0 Å². The number of nitrogens with one attached hydrogen (secondary N) is 1. The van der Waals surface area contributed by atoms with Crippen molar-refractivity contribution in [1.29, 1.82) is 5.26 Å². The highest BCUT2D eigenvalue weighted by Crippen LogP contribution is 2.44. The molecule has 1 fully saturated rings. The summed E-state index contributed by atoms with van der Waals surface area (Å²) in [5.41, 5.74) is -0.397. The van der Waals surface area contributed by atoms with Gasteiger partial charge in [0.1, 0.15) is 15.3 Å². The number of hydrogen-bond donors (Lipinski definition) is 1.